The van der Waals surface area contributed by atoms with Gasteiger partial charge in [0.1, 0.15) is 11.3 Å². The zero-order chi connectivity index (χ0) is 22.7. The Labute approximate surface area is 190 Å². The number of aryl methyl sites for hydroxylation is 1. The average molecular weight is 448 g/mol. The number of carbonyl (C=O) groups excluding carboxylic acids is 2. The van der Waals surface area contributed by atoms with Crippen molar-refractivity contribution in [2.75, 3.05) is 6.54 Å². The minimum atomic E-state index is -0.249. The Balaban J connectivity index is 1.48. The maximum Gasteiger partial charge on any atom is 0.271 e. The Morgan fingerprint density at radius 1 is 1.03 bits per heavy atom. The van der Waals surface area contributed by atoms with E-state index in [1.54, 1.807) is 24.5 Å². The summed E-state index contributed by atoms with van der Waals surface area (Å²) in [6.45, 7) is 6.22. The highest BCUT2D eigenvalue weighted by molar-refractivity contribution is 7.15. The van der Waals surface area contributed by atoms with E-state index in [1.807, 2.05) is 57.2 Å². The molecule has 6 nitrogen and oxygen atoms in total. The minimum absolute atomic E-state index is 0.115. The number of furan rings is 1. The number of hydrogen-bond donors (Lipinski definition) is 2. The van der Waals surface area contributed by atoms with Gasteiger partial charge in [0, 0.05) is 18.0 Å². The maximum absolute atomic E-state index is 13.1. The molecule has 0 unspecified atom stereocenters. The predicted molar refractivity (Wildman–Crippen MR) is 127 cm³/mol. The highest BCUT2D eigenvalue weighted by Gasteiger charge is 2.23. The van der Waals surface area contributed by atoms with Gasteiger partial charge >= 0.3 is 0 Å². The van der Waals surface area contributed by atoms with Crippen molar-refractivity contribution >= 4 is 34.1 Å². The van der Waals surface area contributed by atoms with Crippen LogP contribution >= 0.6 is 11.3 Å². The molecule has 2 N–H and O–H groups in total. The lowest BCUT2D eigenvalue weighted by atomic mass is 10.0. The monoisotopic (exact) mass is 447 g/mol. The number of aromatic nitrogens is 1. The predicted octanol–water partition coefficient (Wildman–Crippen LogP) is 5.05. The highest BCUT2D eigenvalue weighted by Crippen LogP contribution is 2.30. The molecule has 0 aliphatic rings. The van der Waals surface area contributed by atoms with Gasteiger partial charge in [-0.3, -0.25) is 9.59 Å². The summed E-state index contributed by atoms with van der Waals surface area (Å²) in [5.74, 6) is -0.326. The highest BCUT2D eigenvalue weighted by atomic mass is 32.1. The van der Waals surface area contributed by atoms with E-state index in [9.17, 15) is 9.59 Å². The molecule has 0 spiro atoms. The van der Waals surface area contributed by atoms with Crippen LogP contribution < -0.4 is 10.6 Å². The fraction of sp³-hybridized carbons (Fsp3) is 0.240. The Hall–Kier alpha value is -3.45. The number of carbonyl (C=O) groups is 2. The number of hydrogen-bond acceptors (Lipinski definition) is 5. The first-order valence-electron chi connectivity index (χ1n) is 10.5. The van der Waals surface area contributed by atoms with Crippen molar-refractivity contribution in [3.05, 3.63) is 77.1 Å². The van der Waals surface area contributed by atoms with Crippen LogP contribution in [0.5, 0.6) is 0 Å². The molecule has 0 saturated heterocycles. The first-order chi connectivity index (χ1) is 15.4. The molecule has 4 rings (SSSR count). The number of thiazole rings is 1. The Kier molecular flexibility index (Phi) is 6.37. The van der Waals surface area contributed by atoms with Crippen LogP contribution in [-0.4, -0.2) is 29.4 Å². The third-order valence-corrected chi connectivity index (χ3v) is 6.35. The van der Waals surface area contributed by atoms with Crippen molar-refractivity contribution < 1.29 is 14.0 Å². The second kappa shape index (κ2) is 9.36. The van der Waals surface area contributed by atoms with Crippen LogP contribution in [0.2, 0.25) is 0 Å². The third kappa shape index (κ3) is 4.57. The van der Waals surface area contributed by atoms with E-state index in [-0.39, 0.29) is 23.8 Å². The fourth-order valence-corrected chi connectivity index (χ4v) is 4.47. The smallest absolute Gasteiger partial charge is 0.271 e. The summed E-state index contributed by atoms with van der Waals surface area (Å²) < 4.78 is 5.38. The van der Waals surface area contributed by atoms with Crippen molar-refractivity contribution in [2.45, 2.75) is 26.8 Å². The van der Waals surface area contributed by atoms with Crippen molar-refractivity contribution in [3.8, 4) is 10.4 Å². The molecule has 0 saturated carbocycles. The van der Waals surface area contributed by atoms with E-state index < -0.39 is 0 Å². The van der Waals surface area contributed by atoms with Gasteiger partial charge in [0.05, 0.1) is 21.7 Å². The lowest BCUT2D eigenvalue weighted by molar-refractivity contribution is 0.0895. The molecule has 2 heterocycles. The number of amides is 2. The molecule has 7 heteroatoms. The van der Waals surface area contributed by atoms with Crippen LogP contribution in [0.25, 0.3) is 21.4 Å². The number of nitrogens with zero attached hydrogens (tertiary/aromatic N) is 1. The van der Waals surface area contributed by atoms with Gasteiger partial charge in [-0.1, -0.05) is 50.2 Å². The third-order valence-electron chi connectivity index (χ3n) is 5.33. The summed E-state index contributed by atoms with van der Waals surface area (Å²) in [6, 6.07) is 16.7. The summed E-state index contributed by atoms with van der Waals surface area (Å²) in [7, 11) is 0. The fourth-order valence-electron chi connectivity index (χ4n) is 3.55. The van der Waals surface area contributed by atoms with Gasteiger partial charge in [-0.2, -0.15) is 0 Å². The molecule has 164 valence electrons. The molecular weight excluding hydrogens is 422 g/mol. The van der Waals surface area contributed by atoms with E-state index in [4.69, 9.17) is 4.42 Å². The van der Waals surface area contributed by atoms with Gasteiger partial charge in [-0.15, -0.1) is 11.3 Å². The Morgan fingerprint density at radius 2 is 1.81 bits per heavy atom. The lowest BCUT2D eigenvalue weighted by Crippen LogP contribution is -2.46. The summed E-state index contributed by atoms with van der Waals surface area (Å²) >= 11 is 1.50. The van der Waals surface area contributed by atoms with Crippen LogP contribution in [0.1, 0.15) is 39.7 Å². The van der Waals surface area contributed by atoms with E-state index in [0.29, 0.717) is 23.4 Å². The van der Waals surface area contributed by atoms with E-state index in [2.05, 4.69) is 15.6 Å². The molecular formula is C25H25N3O3S. The second-order valence-corrected chi connectivity index (χ2v) is 9.15. The molecule has 32 heavy (non-hydrogen) atoms. The lowest BCUT2D eigenvalue weighted by Gasteiger charge is -2.23. The van der Waals surface area contributed by atoms with Gasteiger partial charge in [0.15, 0.2) is 0 Å². The maximum atomic E-state index is 13.1. The van der Waals surface area contributed by atoms with Crippen molar-refractivity contribution in [1.82, 2.24) is 15.6 Å². The van der Waals surface area contributed by atoms with Crippen LogP contribution in [0.3, 0.4) is 0 Å². The van der Waals surface area contributed by atoms with Crippen LogP contribution in [-0.2, 0) is 0 Å². The molecule has 0 bridgehead atoms. The van der Waals surface area contributed by atoms with Crippen molar-refractivity contribution in [1.29, 1.82) is 0 Å². The molecule has 1 atom stereocenters. The minimum Gasteiger partial charge on any atom is -0.464 e. The first kappa shape index (κ1) is 21.8. The molecule has 2 aromatic heterocycles. The standard InChI is InChI=1S/C25H25N3O3S/c1-15(2)20(14-26-24(29)19-10-7-11-21-18(19)12-13-31-21)28-25(30)22-23(32-16(3)27-22)17-8-5-4-6-9-17/h4-13,15,20H,14H2,1-3H3,(H,26,29)(H,28,30)/t20-/m0/s1. The van der Waals surface area contributed by atoms with Gasteiger partial charge in [-0.25, -0.2) is 4.98 Å². The number of rotatable bonds is 7. The quantitative estimate of drug-likeness (QED) is 0.415. The van der Waals surface area contributed by atoms with E-state index in [1.165, 1.54) is 11.3 Å². The summed E-state index contributed by atoms with van der Waals surface area (Å²) in [4.78, 5) is 31.3. The average Bonchev–Trinajstić information content (AvgIpc) is 3.43. The summed E-state index contributed by atoms with van der Waals surface area (Å²) in [6.07, 6.45) is 1.57. The summed E-state index contributed by atoms with van der Waals surface area (Å²) in [5, 5.41) is 7.62. The zero-order valence-electron chi connectivity index (χ0n) is 18.2. The van der Waals surface area contributed by atoms with Gasteiger partial charge < -0.3 is 15.1 Å². The second-order valence-electron chi connectivity index (χ2n) is 7.95. The molecule has 2 amide bonds. The van der Waals surface area contributed by atoms with Gasteiger partial charge in [0.2, 0.25) is 0 Å². The molecule has 0 aliphatic heterocycles. The van der Waals surface area contributed by atoms with E-state index in [0.717, 1.165) is 20.8 Å². The molecule has 0 aliphatic carbocycles. The normalized spacial score (nSPS) is 12.1. The molecule has 0 fully saturated rings. The molecule has 0 radical (unpaired) electrons. The Bertz CT molecular complexity index is 1240. The van der Waals surface area contributed by atoms with Gasteiger partial charge in [-0.05, 0) is 36.6 Å². The number of fused-ring (bicyclic) bond motifs is 1. The van der Waals surface area contributed by atoms with Crippen molar-refractivity contribution in [2.24, 2.45) is 5.92 Å². The van der Waals surface area contributed by atoms with Gasteiger partial charge in [0.25, 0.3) is 11.8 Å². The van der Waals surface area contributed by atoms with E-state index >= 15 is 0 Å². The number of benzene rings is 2. The largest absolute Gasteiger partial charge is 0.464 e. The Morgan fingerprint density at radius 3 is 2.56 bits per heavy atom. The summed E-state index contributed by atoms with van der Waals surface area (Å²) in [5.41, 5.74) is 2.59. The molecule has 2 aromatic carbocycles. The van der Waals surface area contributed by atoms with Crippen molar-refractivity contribution in [3.63, 3.8) is 0 Å². The van der Waals surface area contributed by atoms with Crippen LogP contribution in [0.15, 0.2) is 65.3 Å². The SMILES string of the molecule is Cc1nc(C(=O)N[C@@H](CNC(=O)c2cccc3occc23)C(C)C)c(-c2ccccc2)s1. The van der Waals surface area contributed by atoms with Crippen LogP contribution in [0.4, 0.5) is 0 Å². The van der Waals surface area contributed by atoms with Crippen LogP contribution in [0, 0.1) is 12.8 Å². The zero-order valence-corrected chi connectivity index (χ0v) is 19.0. The molecule has 4 aromatic rings. The number of nitrogens with one attached hydrogen (secondary N) is 2. The first-order valence-corrected chi connectivity index (χ1v) is 11.3. The topological polar surface area (TPSA) is 84.2 Å².